The summed E-state index contributed by atoms with van der Waals surface area (Å²) in [6, 6.07) is 14.2. The van der Waals surface area contributed by atoms with Gasteiger partial charge in [-0.15, -0.1) is 0 Å². The van der Waals surface area contributed by atoms with Gasteiger partial charge in [-0.1, -0.05) is 0 Å². The van der Waals surface area contributed by atoms with Crippen molar-refractivity contribution in [3.63, 3.8) is 0 Å². The minimum Gasteiger partial charge on any atom is -0.497 e. The maximum atomic E-state index is 9.63. The number of anilines is 2. The highest BCUT2D eigenvalue weighted by molar-refractivity contribution is 5.93. The normalized spacial score (nSPS) is 23.6. The van der Waals surface area contributed by atoms with Crippen LogP contribution < -0.4 is 20.1 Å². The molecule has 7 heteroatoms. The minimum absolute atomic E-state index is 0.121. The fraction of sp³-hybridized carbons (Fsp3) is 0.423. The van der Waals surface area contributed by atoms with E-state index in [9.17, 15) is 5.11 Å². The van der Waals surface area contributed by atoms with Crippen LogP contribution in [0.5, 0.6) is 11.5 Å². The molecule has 3 aromatic rings. The summed E-state index contributed by atoms with van der Waals surface area (Å²) in [5, 5.41) is 18.9. The molecule has 0 atom stereocenters. The summed E-state index contributed by atoms with van der Waals surface area (Å²) < 4.78 is 16.6. The van der Waals surface area contributed by atoms with E-state index < -0.39 is 0 Å². The lowest BCUT2D eigenvalue weighted by Crippen LogP contribution is -2.62. The third-order valence-corrected chi connectivity index (χ3v) is 7.10. The summed E-state index contributed by atoms with van der Waals surface area (Å²) in [5.41, 5.74) is 2.07. The van der Waals surface area contributed by atoms with E-state index in [0.29, 0.717) is 6.54 Å². The van der Waals surface area contributed by atoms with Gasteiger partial charge in [-0.05, 0) is 66.5 Å². The van der Waals surface area contributed by atoms with Gasteiger partial charge in [0.15, 0.2) is 0 Å². The maximum Gasteiger partial charge on any atom is 0.134 e. The van der Waals surface area contributed by atoms with Crippen LogP contribution in [0.3, 0.4) is 0 Å². The van der Waals surface area contributed by atoms with Gasteiger partial charge in [0.1, 0.15) is 17.3 Å². The summed E-state index contributed by atoms with van der Waals surface area (Å²) in [5.74, 6) is 2.39. The first-order valence-corrected chi connectivity index (χ1v) is 11.4. The summed E-state index contributed by atoms with van der Waals surface area (Å²) in [4.78, 5) is 4.56. The number of fused-ring (bicyclic) bond motifs is 3. The summed E-state index contributed by atoms with van der Waals surface area (Å²) in [7, 11) is 3.31. The lowest BCUT2D eigenvalue weighted by Gasteiger charge is -2.59. The van der Waals surface area contributed by atoms with Crippen molar-refractivity contribution < 1.29 is 19.3 Å². The highest BCUT2D eigenvalue weighted by atomic mass is 16.5. The number of pyridine rings is 1. The zero-order chi connectivity index (χ0) is 22.9. The highest BCUT2D eigenvalue weighted by Crippen LogP contribution is 2.56. The first-order chi connectivity index (χ1) is 16.1. The van der Waals surface area contributed by atoms with Crippen LogP contribution in [-0.4, -0.2) is 49.7 Å². The van der Waals surface area contributed by atoms with E-state index in [1.807, 2.05) is 30.5 Å². The van der Waals surface area contributed by atoms with Crippen LogP contribution in [0.2, 0.25) is 0 Å². The van der Waals surface area contributed by atoms with Crippen LogP contribution in [0.1, 0.15) is 24.8 Å². The third kappa shape index (κ3) is 4.18. The number of aliphatic hydroxyl groups excluding tert-OH is 1. The summed E-state index contributed by atoms with van der Waals surface area (Å²) >= 11 is 0. The molecule has 2 saturated heterocycles. The molecule has 2 bridgehead atoms. The molecule has 3 heterocycles. The van der Waals surface area contributed by atoms with Gasteiger partial charge in [0.05, 0.1) is 26.4 Å². The van der Waals surface area contributed by atoms with Crippen LogP contribution >= 0.6 is 0 Å². The molecule has 33 heavy (non-hydrogen) atoms. The van der Waals surface area contributed by atoms with Gasteiger partial charge in [-0.3, -0.25) is 0 Å². The number of ether oxygens (including phenoxy) is 3. The van der Waals surface area contributed by atoms with Crippen LogP contribution in [0, 0.1) is 5.41 Å². The Labute approximate surface area is 194 Å². The van der Waals surface area contributed by atoms with Gasteiger partial charge < -0.3 is 30.0 Å². The van der Waals surface area contributed by atoms with E-state index in [4.69, 9.17) is 14.2 Å². The van der Waals surface area contributed by atoms with E-state index in [0.717, 1.165) is 71.8 Å². The van der Waals surface area contributed by atoms with Gasteiger partial charge in [-0.2, -0.15) is 0 Å². The molecule has 3 fully saturated rings. The number of aliphatic hydroxyl groups is 1. The lowest BCUT2D eigenvalue weighted by atomic mass is 9.56. The second-order valence-electron chi connectivity index (χ2n) is 9.27. The van der Waals surface area contributed by atoms with Gasteiger partial charge in [0.25, 0.3) is 0 Å². The molecule has 0 unspecified atom stereocenters. The van der Waals surface area contributed by atoms with Crippen LogP contribution in [-0.2, 0) is 11.3 Å². The molecule has 1 aliphatic carbocycles. The second kappa shape index (κ2) is 8.72. The van der Waals surface area contributed by atoms with Gasteiger partial charge in [-0.25, -0.2) is 4.98 Å². The van der Waals surface area contributed by atoms with Gasteiger partial charge >= 0.3 is 0 Å². The van der Waals surface area contributed by atoms with Gasteiger partial charge in [0, 0.05) is 48.6 Å². The Morgan fingerprint density at radius 1 is 1.06 bits per heavy atom. The van der Waals surface area contributed by atoms with E-state index in [1.54, 1.807) is 14.2 Å². The monoisotopic (exact) mass is 449 g/mol. The molecule has 174 valence electrons. The quantitative estimate of drug-likeness (QED) is 0.451. The maximum absolute atomic E-state index is 9.63. The number of rotatable bonds is 9. The summed E-state index contributed by atoms with van der Waals surface area (Å²) in [6.45, 7) is 2.35. The fourth-order valence-electron chi connectivity index (χ4n) is 5.34. The molecule has 0 spiro atoms. The number of benzene rings is 2. The van der Waals surface area contributed by atoms with Crippen LogP contribution in [0.4, 0.5) is 11.5 Å². The topological polar surface area (TPSA) is 84.9 Å². The average molecular weight is 450 g/mol. The Bertz CT molecular complexity index is 1140. The van der Waals surface area contributed by atoms with Crippen molar-refractivity contribution in [1.29, 1.82) is 0 Å². The zero-order valence-corrected chi connectivity index (χ0v) is 19.2. The van der Waals surface area contributed by atoms with E-state index in [-0.39, 0.29) is 17.6 Å². The molecular weight excluding hydrogens is 418 g/mol. The third-order valence-electron chi connectivity index (χ3n) is 7.10. The van der Waals surface area contributed by atoms with Crippen molar-refractivity contribution in [2.45, 2.75) is 31.4 Å². The second-order valence-corrected chi connectivity index (χ2v) is 9.27. The number of methoxy groups -OCH3 is 2. The number of nitrogens with one attached hydrogen (secondary N) is 2. The minimum atomic E-state index is -0.290. The first-order valence-electron chi connectivity index (χ1n) is 11.4. The van der Waals surface area contributed by atoms with E-state index in [2.05, 4.69) is 33.8 Å². The smallest absolute Gasteiger partial charge is 0.134 e. The van der Waals surface area contributed by atoms with Crippen molar-refractivity contribution in [1.82, 2.24) is 4.98 Å². The molecule has 6 rings (SSSR count). The zero-order valence-electron chi connectivity index (χ0n) is 19.2. The highest BCUT2D eigenvalue weighted by Gasteiger charge is 2.57. The lowest BCUT2D eigenvalue weighted by molar-refractivity contribution is -0.235. The van der Waals surface area contributed by atoms with Crippen molar-refractivity contribution in [3.05, 3.63) is 54.2 Å². The Kier molecular flexibility index (Phi) is 5.76. The standard InChI is InChI=1S/C26H31N3O4/c1-31-21-5-3-19(23(12-21)32-2)13-28-24-22-6-4-20(11-18(22)7-9-27-24)29-16-25-8-10-33-26(14-25,15-25)17-30/h3-7,9,11-12,29-30H,8,10,13-17H2,1-2H3,(H,27,28). The Balaban J connectivity index is 1.27. The molecule has 1 aromatic heterocycles. The van der Waals surface area contributed by atoms with E-state index >= 15 is 0 Å². The van der Waals surface area contributed by atoms with Crippen molar-refractivity contribution in [3.8, 4) is 11.5 Å². The number of nitrogens with zero attached hydrogens (tertiary/aromatic N) is 1. The Morgan fingerprint density at radius 2 is 1.94 bits per heavy atom. The molecule has 0 radical (unpaired) electrons. The predicted molar refractivity (Wildman–Crippen MR) is 129 cm³/mol. The number of aromatic nitrogens is 1. The van der Waals surface area contributed by atoms with Crippen molar-refractivity contribution >= 4 is 22.3 Å². The molecule has 3 N–H and O–H groups in total. The Hall–Kier alpha value is -3.03. The Morgan fingerprint density at radius 3 is 2.73 bits per heavy atom. The molecule has 7 nitrogen and oxygen atoms in total. The predicted octanol–water partition coefficient (Wildman–Crippen LogP) is 4.21. The molecule has 0 amide bonds. The molecule has 2 aliphatic heterocycles. The first kappa shape index (κ1) is 21.8. The number of hydrogen-bond acceptors (Lipinski definition) is 7. The molecule has 1 saturated carbocycles. The largest absolute Gasteiger partial charge is 0.497 e. The van der Waals surface area contributed by atoms with E-state index in [1.165, 1.54) is 0 Å². The summed E-state index contributed by atoms with van der Waals surface area (Å²) in [6.07, 6.45) is 4.74. The van der Waals surface area contributed by atoms with Gasteiger partial charge in [0.2, 0.25) is 0 Å². The van der Waals surface area contributed by atoms with Crippen LogP contribution in [0.25, 0.3) is 10.8 Å². The SMILES string of the molecule is COc1ccc(CNc2nccc3cc(NCC45CCOC(CO)(C4)C5)ccc23)c(OC)c1. The average Bonchev–Trinajstić information content (AvgIpc) is 2.85. The van der Waals surface area contributed by atoms with Crippen molar-refractivity contribution in [2.75, 3.05) is 44.6 Å². The molecular formula is C26H31N3O4. The molecule has 2 aromatic carbocycles. The number of hydrogen-bond donors (Lipinski definition) is 3. The fourth-order valence-corrected chi connectivity index (χ4v) is 5.34. The van der Waals surface area contributed by atoms with Crippen LogP contribution in [0.15, 0.2) is 48.7 Å². The van der Waals surface area contributed by atoms with Crippen molar-refractivity contribution in [2.24, 2.45) is 5.41 Å². The molecule has 3 aliphatic rings.